The molecule has 138 valence electrons. The van der Waals surface area contributed by atoms with E-state index in [1.54, 1.807) is 30.2 Å². The lowest BCUT2D eigenvalue weighted by Crippen LogP contribution is -2.34. The van der Waals surface area contributed by atoms with Crippen LogP contribution in [0.4, 0.5) is 5.69 Å². The van der Waals surface area contributed by atoms with Gasteiger partial charge in [-0.3, -0.25) is 9.59 Å². The van der Waals surface area contributed by atoms with Crippen LogP contribution in [0.5, 0.6) is 5.75 Å². The maximum atomic E-state index is 12.1. The van der Waals surface area contributed by atoms with Crippen molar-refractivity contribution < 1.29 is 14.3 Å². The molecule has 2 rings (SSSR count). The van der Waals surface area contributed by atoms with Crippen LogP contribution in [-0.2, 0) is 16.1 Å². The van der Waals surface area contributed by atoms with E-state index in [9.17, 15) is 9.59 Å². The van der Waals surface area contributed by atoms with Crippen LogP contribution in [-0.4, -0.2) is 25.5 Å². The number of rotatable bonds is 7. The lowest BCUT2D eigenvalue weighted by molar-refractivity contribution is -0.121. The monoisotopic (exact) mass is 374 g/mol. The second kappa shape index (κ2) is 9.25. The summed E-state index contributed by atoms with van der Waals surface area (Å²) in [4.78, 5) is 25.7. The number of nitrogens with one attached hydrogen (secondary N) is 1. The Morgan fingerprint density at radius 1 is 1.15 bits per heavy atom. The number of aryl methyl sites for hydroxylation is 1. The first-order chi connectivity index (χ1) is 12.4. The van der Waals surface area contributed by atoms with Crippen molar-refractivity contribution in [2.24, 2.45) is 0 Å². The predicted octanol–water partition coefficient (Wildman–Crippen LogP) is 3.72. The highest BCUT2D eigenvalue weighted by Gasteiger charge is 2.15. The molecule has 0 bridgehead atoms. The van der Waals surface area contributed by atoms with Gasteiger partial charge in [-0.2, -0.15) is 0 Å². The van der Waals surface area contributed by atoms with Crippen LogP contribution in [0.25, 0.3) is 0 Å². The highest BCUT2D eigenvalue weighted by atomic mass is 35.5. The Bertz CT molecular complexity index is 775. The van der Waals surface area contributed by atoms with E-state index in [1.807, 2.05) is 31.2 Å². The second-order valence-corrected chi connectivity index (χ2v) is 6.41. The minimum Gasteiger partial charge on any atom is -0.497 e. The largest absolute Gasteiger partial charge is 0.497 e. The van der Waals surface area contributed by atoms with Crippen LogP contribution in [0.15, 0.2) is 42.5 Å². The van der Waals surface area contributed by atoms with Crippen molar-refractivity contribution in [3.63, 3.8) is 0 Å². The molecule has 0 aliphatic heterocycles. The van der Waals surface area contributed by atoms with Crippen LogP contribution >= 0.6 is 11.6 Å². The van der Waals surface area contributed by atoms with Crippen LogP contribution < -0.4 is 15.0 Å². The van der Waals surface area contributed by atoms with Crippen LogP contribution in [0.2, 0.25) is 5.02 Å². The zero-order valence-electron chi connectivity index (χ0n) is 15.2. The summed E-state index contributed by atoms with van der Waals surface area (Å²) in [5, 5.41) is 3.48. The second-order valence-electron chi connectivity index (χ2n) is 5.98. The lowest BCUT2D eigenvalue weighted by atomic mass is 10.1. The van der Waals surface area contributed by atoms with E-state index in [2.05, 4.69) is 5.32 Å². The van der Waals surface area contributed by atoms with Gasteiger partial charge >= 0.3 is 0 Å². The van der Waals surface area contributed by atoms with E-state index in [0.717, 1.165) is 22.6 Å². The molecule has 0 saturated heterocycles. The summed E-state index contributed by atoms with van der Waals surface area (Å²) in [7, 11) is 1.61. The minimum atomic E-state index is -0.113. The summed E-state index contributed by atoms with van der Waals surface area (Å²) in [5.74, 6) is 0.549. The maximum Gasteiger partial charge on any atom is 0.223 e. The summed E-state index contributed by atoms with van der Waals surface area (Å²) in [6.45, 7) is 4.12. The molecule has 6 heteroatoms. The fourth-order valence-electron chi connectivity index (χ4n) is 2.62. The number of carbonyl (C=O) groups is 2. The van der Waals surface area contributed by atoms with Gasteiger partial charge < -0.3 is 15.0 Å². The Morgan fingerprint density at radius 2 is 1.85 bits per heavy atom. The van der Waals surface area contributed by atoms with Gasteiger partial charge in [0.25, 0.3) is 0 Å². The molecular formula is C20H23ClN2O3. The Morgan fingerprint density at radius 3 is 2.42 bits per heavy atom. The first kappa shape index (κ1) is 19.8. The van der Waals surface area contributed by atoms with Crippen molar-refractivity contribution in [2.45, 2.75) is 26.8 Å². The smallest absolute Gasteiger partial charge is 0.223 e. The van der Waals surface area contributed by atoms with E-state index in [-0.39, 0.29) is 18.2 Å². The Hall–Kier alpha value is -2.53. The molecule has 0 atom stereocenters. The first-order valence-electron chi connectivity index (χ1n) is 8.34. The van der Waals surface area contributed by atoms with Crippen molar-refractivity contribution >= 4 is 29.1 Å². The van der Waals surface area contributed by atoms with Gasteiger partial charge in [0.2, 0.25) is 11.8 Å². The van der Waals surface area contributed by atoms with Gasteiger partial charge in [0.05, 0.1) is 7.11 Å². The van der Waals surface area contributed by atoms with Gasteiger partial charge in [-0.15, -0.1) is 0 Å². The van der Waals surface area contributed by atoms with Crippen molar-refractivity contribution in [1.29, 1.82) is 0 Å². The molecule has 26 heavy (non-hydrogen) atoms. The molecule has 0 spiro atoms. The number of benzene rings is 2. The molecule has 0 fully saturated rings. The van der Waals surface area contributed by atoms with Gasteiger partial charge in [-0.25, -0.2) is 0 Å². The highest BCUT2D eigenvalue weighted by Crippen LogP contribution is 2.24. The third-order valence-electron chi connectivity index (χ3n) is 4.04. The molecule has 0 aliphatic carbocycles. The number of nitrogens with zero attached hydrogens (tertiary/aromatic N) is 1. The molecule has 0 radical (unpaired) electrons. The molecule has 5 nitrogen and oxygen atoms in total. The van der Waals surface area contributed by atoms with Crippen LogP contribution in [0.1, 0.15) is 24.5 Å². The number of anilines is 1. The summed E-state index contributed by atoms with van der Waals surface area (Å²) in [6.07, 6.45) is 0.220. The highest BCUT2D eigenvalue weighted by molar-refractivity contribution is 6.30. The van der Waals surface area contributed by atoms with Crippen molar-refractivity contribution in [1.82, 2.24) is 5.32 Å². The number of carbonyl (C=O) groups excluding carboxylic acids is 2. The number of halogens is 1. The number of hydrogen-bond donors (Lipinski definition) is 1. The van der Waals surface area contributed by atoms with Gasteiger partial charge in [-0.1, -0.05) is 23.7 Å². The molecule has 0 heterocycles. The van der Waals surface area contributed by atoms with Crippen molar-refractivity contribution in [3.8, 4) is 5.75 Å². The molecule has 2 amide bonds. The fraction of sp³-hybridized carbons (Fsp3) is 0.300. The standard InChI is InChI=1S/C20H23ClN2O3/c1-14-12-17(21)6-9-19(14)23(15(2)24)11-10-20(25)22-13-16-4-7-18(26-3)8-5-16/h4-9,12H,10-11,13H2,1-3H3,(H,22,25). The number of amides is 2. The lowest BCUT2D eigenvalue weighted by Gasteiger charge is -2.23. The van der Waals surface area contributed by atoms with Crippen molar-refractivity contribution in [3.05, 3.63) is 58.6 Å². The Kier molecular flexibility index (Phi) is 7.04. The molecule has 0 saturated carbocycles. The number of methoxy groups -OCH3 is 1. The van der Waals surface area contributed by atoms with Gasteiger partial charge in [0.1, 0.15) is 5.75 Å². The summed E-state index contributed by atoms with van der Waals surface area (Å²) in [6, 6.07) is 12.8. The molecule has 0 unspecified atom stereocenters. The first-order valence-corrected chi connectivity index (χ1v) is 8.72. The fourth-order valence-corrected chi connectivity index (χ4v) is 2.84. The SMILES string of the molecule is COc1ccc(CNC(=O)CCN(C(C)=O)c2ccc(Cl)cc2C)cc1. The molecule has 2 aromatic rings. The zero-order valence-corrected chi connectivity index (χ0v) is 16.0. The van der Waals surface area contributed by atoms with Crippen LogP contribution in [0, 0.1) is 6.92 Å². The topological polar surface area (TPSA) is 58.6 Å². The minimum absolute atomic E-state index is 0.112. The number of ether oxygens (including phenoxy) is 1. The molecule has 2 aromatic carbocycles. The van der Waals surface area contributed by atoms with E-state index in [1.165, 1.54) is 6.92 Å². The average molecular weight is 375 g/mol. The third kappa shape index (κ3) is 5.49. The third-order valence-corrected chi connectivity index (χ3v) is 4.28. The Balaban J connectivity index is 1.91. The van der Waals surface area contributed by atoms with Crippen molar-refractivity contribution in [2.75, 3.05) is 18.6 Å². The zero-order chi connectivity index (χ0) is 19.1. The van der Waals surface area contributed by atoms with Gasteiger partial charge in [-0.05, 0) is 48.4 Å². The summed E-state index contributed by atoms with van der Waals surface area (Å²) < 4.78 is 5.11. The Labute approximate surface area is 158 Å². The average Bonchev–Trinajstić information content (AvgIpc) is 2.61. The van der Waals surface area contributed by atoms with Gasteiger partial charge in [0, 0.05) is 37.1 Å². The van der Waals surface area contributed by atoms with E-state index < -0.39 is 0 Å². The molecular weight excluding hydrogens is 352 g/mol. The van der Waals surface area contributed by atoms with Gasteiger partial charge in [0.15, 0.2) is 0 Å². The quantitative estimate of drug-likeness (QED) is 0.803. The molecule has 1 N–H and O–H groups in total. The molecule has 0 aliphatic rings. The maximum absolute atomic E-state index is 12.1. The van der Waals surface area contributed by atoms with E-state index in [0.29, 0.717) is 18.1 Å². The summed E-state index contributed by atoms with van der Waals surface area (Å²) in [5.41, 5.74) is 2.65. The molecule has 0 aromatic heterocycles. The summed E-state index contributed by atoms with van der Waals surface area (Å²) >= 11 is 5.97. The number of hydrogen-bond acceptors (Lipinski definition) is 3. The van der Waals surface area contributed by atoms with E-state index in [4.69, 9.17) is 16.3 Å². The predicted molar refractivity (Wildman–Crippen MR) is 104 cm³/mol. The van der Waals surface area contributed by atoms with Crippen LogP contribution in [0.3, 0.4) is 0 Å². The van der Waals surface area contributed by atoms with E-state index >= 15 is 0 Å². The normalized spacial score (nSPS) is 10.3.